The predicted molar refractivity (Wildman–Crippen MR) is 102 cm³/mol. The molecule has 1 fully saturated rings. The number of H-pyrrole nitrogens is 1. The van der Waals surface area contributed by atoms with Crippen LogP contribution in [0.25, 0.3) is 11.0 Å². The number of nitrogens with one attached hydrogen (secondary N) is 3. The zero-order chi connectivity index (χ0) is 17.2. The number of hydrogen-bond acceptors (Lipinski definition) is 7. The van der Waals surface area contributed by atoms with E-state index < -0.39 is 0 Å². The Kier molecular flexibility index (Phi) is 5.80. The number of anilines is 2. The third-order valence-electron chi connectivity index (χ3n) is 4.08. The average molecular weight is 399 g/mol. The number of hydrogen-bond donors (Lipinski definition) is 3. The Hall–Kier alpha value is -2.10. The molecule has 11 heteroatoms. The Morgan fingerprint density at radius 3 is 3.04 bits per heavy atom. The Balaban J connectivity index is 0.00000196. The van der Waals surface area contributed by atoms with Crippen LogP contribution in [-0.4, -0.2) is 49.1 Å². The minimum Gasteiger partial charge on any atom is -0.472 e. The van der Waals surface area contributed by atoms with E-state index in [4.69, 9.17) is 16.3 Å². The number of nitrogens with zero attached hydrogens (tertiary/aromatic N) is 5. The first-order chi connectivity index (χ1) is 12.2. The second-order valence-electron chi connectivity index (χ2n) is 5.88. The van der Waals surface area contributed by atoms with E-state index in [-0.39, 0.29) is 18.5 Å². The molecule has 1 atom stereocenters. The third kappa shape index (κ3) is 3.84. The molecule has 3 N–H and O–H groups in total. The Bertz CT molecular complexity index is 874. The molecule has 0 spiro atoms. The van der Waals surface area contributed by atoms with E-state index in [1.165, 1.54) is 0 Å². The molecule has 0 amide bonds. The highest BCUT2D eigenvalue weighted by Gasteiger charge is 2.21. The summed E-state index contributed by atoms with van der Waals surface area (Å²) in [6.07, 6.45) is 5.70. The van der Waals surface area contributed by atoms with Crippen LogP contribution in [0.15, 0.2) is 12.4 Å². The molecule has 3 aromatic heterocycles. The molecule has 0 aliphatic carbocycles. The summed E-state index contributed by atoms with van der Waals surface area (Å²) in [5.41, 5.74) is 1.26. The maximum absolute atomic E-state index is 6.20. The van der Waals surface area contributed by atoms with Crippen molar-refractivity contribution < 1.29 is 4.74 Å². The maximum atomic E-state index is 6.20. The Labute approximate surface area is 161 Å². The van der Waals surface area contributed by atoms with E-state index in [1.54, 1.807) is 6.20 Å². The number of fused-ring (bicyclic) bond motifs is 1. The van der Waals surface area contributed by atoms with Gasteiger partial charge in [0.15, 0.2) is 5.65 Å². The maximum Gasteiger partial charge on any atom is 0.232 e. The van der Waals surface area contributed by atoms with Crippen molar-refractivity contribution in [1.82, 2.24) is 35.3 Å². The van der Waals surface area contributed by atoms with Gasteiger partial charge in [-0.2, -0.15) is 20.2 Å². The smallest absolute Gasteiger partial charge is 0.232 e. The van der Waals surface area contributed by atoms with Crippen molar-refractivity contribution in [1.29, 1.82) is 0 Å². The minimum atomic E-state index is 0. The van der Waals surface area contributed by atoms with Crippen LogP contribution in [-0.2, 0) is 6.54 Å². The summed E-state index contributed by atoms with van der Waals surface area (Å²) in [5.74, 6) is 0.827. The van der Waals surface area contributed by atoms with Gasteiger partial charge in [-0.1, -0.05) is 11.6 Å². The molecule has 0 radical (unpaired) electrons. The van der Waals surface area contributed by atoms with Gasteiger partial charge in [-0.25, -0.2) is 0 Å². The number of aromatic amines is 1. The zero-order valence-electron chi connectivity index (χ0n) is 14.2. The normalized spacial score (nSPS) is 17.1. The second-order valence-corrected chi connectivity index (χ2v) is 6.26. The summed E-state index contributed by atoms with van der Waals surface area (Å²) in [7, 11) is 0. The van der Waals surface area contributed by atoms with Gasteiger partial charge in [0.05, 0.1) is 11.9 Å². The summed E-state index contributed by atoms with van der Waals surface area (Å²) in [4.78, 5) is 8.90. The summed E-state index contributed by atoms with van der Waals surface area (Å²) in [6.45, 7) is 4.61. The highest BCUT2D eigenvalue weighted by Crippen LogP contribution is 2.30. The van der Waals surface area contributed by atoms with E-state index in [0.29, 0.717) is 28.0 Å². The fourth-order valence-corrected chi connectivity index (χ4v) is 3.02. The van der Waals surface area contributed by atoms with Crippen LogP contribution in [0.2, 0.25) is 5.15 Å². The van der Waals surface area contributed by atoms with Gasteiger partial charge in [0.1, 0.15) is 16.6 Å². The largest absolute Gasteiger partial charge is 0.472 e. The Morgan fingerprint density at radius 1 is 1.42 bits per heavy atom. The lowest BCUT2D eigenvalue weighted by Gasteiger charge is -2.23. The standard InChI is InChI=1S/C15H19ClN8O.ClH/c1-2-24-8-9(6-18-24)19-15-20-13-11(12(16)22-23-13)14(21-15)25-10-4-3-5-17-7-10;/h6,8,10,17H,2-5,7H2,1H3,(H2,19,20,21,22,23);1H/t10-;/m1./s1. The number of aromatic nitrogens is 6. The van der Waals surface area contributed by atoms with Crippen molar-refractivity contribution in [2.45, 2.75) is 32.4 Å². The van der Waals surface area contributed by atoms with Crippen LogP contribution >= 0.6 is 24.0 Å². The zero-order valence-corrected chi connectivity index (χ0v) is 15.8. The fourth-order valence-electron chi connectivity index (χ4n) is 2.81. The lowest BCUT2D eigenvalue weighted by Crippen LogP contribution is -2.37. The molecule has 4 rings (SSSR count). The molecule has 1 saturated heterocycles. The first-order valence-corrected chi connectivity index (χ1v) is 8.69. The quantitative estimate of drug-likeness (QED) is 0.605. The van der Waals surface area contributed by atoms with Crippen molar-refractivity contribution in [2.75, 3.05) is 18.4 Å². The highest BCUT2D eigenvalue weighted by atomic mass is 35.5. The molecule has 26 heavy (non-hydrogen) atoms. The van der Waals surface area contributed by atoms with Crippen LogP contribution in [0.4, 0.5) is 11.6 Å². The fraction of sp³-hybridized carbons (Fsp3) is 0.467. The summed E-state index contributed by atoms with van der Waals surface area (Å²) in [6, 6.07) is 0. The molecule has 1 aliphatic heterocycles. The summed E-state index contributed by atoms with van der Waals surface area (Å²) in [5, 5.41) is 18.5. The lowest BCUT2D eigenvalue weighted by atomic mass is 10.1. The van der Waals surface area contributed by atoms with Crippen molar-refractivity contribution in [2.24, 2.45) is 0 Å². The molecule has 1 aliphatic rings. The van der Waals surface area contributed by atoms with Crippen molar-refractivity contribution >= 4 is 46.7 Å². The summed E-state index contributed by atoms with van der Waals surface area (Å²) >= 11 is 6.20. The van der Waals surface area contributed by atoms with E-state index in [2.05, 4.69) is 35.9 Å². The molecule has 140 valence electrons. The molecular formula is C15H20Cl2N8O. The highest BCUT2D eigenvalue weighted by molar-refractivity contribution is 6.34. The summed E-state index contributed by atoms with van der Waals surface area (Å²) < 4.78 is 7.91. The molecule has 0 bridgehead atoms. The molecular weight excluding hydrogens is 379 g/mol. The van der Waals surface area contributed by atoms with Gasteiger partial charge < -0.3 is 15.4 Å². The van der Waals surface area contributed by atoms with Crippen molar-refractivity contribution in [3.05, 3.63) is 17.5 Å². The van der Waals surface area contributed by atoms with Gasteiger partial charge in [0.25, 0.3) is 0 Å². The monoisotopic (exact) mass is 398 g/mol. The van der Waals surface area contributed by atoms with Crippen molar-refractivity contribution in [3.63, 3.8) is 0 Å². The topological polar surface area (TPSA) is 106 Å². The van der Waals surface area contributed by atoms with E-state index >= 15 is 0 Å². The number of ether oxygens (including phenoxy) is 1. The number of aryl methyl sites for hydroxylation is 1. The molecule has 9 nitrogen and oxygen atoms in total. The van der Waals surface area contributed by atoms with E-state index in [0.717, 1.165) is 38.2 Å². The predicted octanol–water partition coefficient (Wildman–Crippen LogP) is 2.52. The van der Waals surface area contributed by atoms with Crippen LogP contribution in [0.5, 0.6) is 5.88 Å². The van der Waals surface area contributed by atoms with Gasteiger partial charge in [0, 0.05) is 19.3 Å². The first kappa shape index (κ1) is 18.7. The van der Waals surface area contributed by atoms with Crippen LogP contribution < -0.4 is 15.4 Å². The third-order valence-corrected chi connectivity index (χ3v) is 4.35. The number of piperidine rings is 1. The van der Waals surface area contributed by atoms with Gasteiger partial charge in [-0.05, 0) is 26.3 Å². The molecule has 0 aromatic carbocycles. The van der Waals surface area contributed by atoms with Gasteiger partial charge in [0.2, 0.25) is 11.8 Å². The lowest BCUT2D eigenvalue weighted by molar-refractivity contribution is 0.163. The molecule has 0 unspecified atom stereocenters. The van der Waals surface area contributed by atoms with E-state index in [9.17, 15) is 0 Å². The average Bonchev–Trinajstić information content (AvgIpc) is 3.23. The first-order valence-electron chi connectivity index (χ1n) is 8.31. The van der Waals surface area contributed by atoms with Crippen molar-refractivity contribution in [3.8, 4) is 5.88 Å². The molecule has 3 aromatic rings. The van der Waals surface area contributed by atoms with Crippen LogP contribution in [0.3, 0.4) is 0 Å². The van der Waals surface area contributed by atoms with Crippen LogP contribution in [0.1, 0.15) is 19.8 Å². The van der Waals surface area contributed by atoms with Crippen LogP contribution in [0, 0.1) is 0 Å². The van der Waals surface area contributed by atoms with Gasteiger partial charge in [-0.3, -0.25) is 9.78 Å². The van der Waals surface area contributed by atoms with Gasteiger partial charge >= 0.3 is 0 Å². The molecule has 4 heterocycles. The van der Waals surface area contributed by atoms with E-state index in [1.807, 2.05) is 17.8 Å². The molecule has 0 saturated carbocycles. The Morgan fingerprint density at radius 2 is 2.31 bits per heavy atom. The van der Waals surface area contributed by atoms with Gasteiger partial charge in [-0.15, -0.1) is 12.4 Å². The minimum absolute atomic E-state index is 0. The second kappa shape index (κ2) is 8.07. The SMILES string of the molecule is CCn1cc(Nc2nc(O[C@@H]3CCCNC3)c3c(Cl)[nH]nc3n2)cn1.Cl. The number of rotatable bonds is 5. The number of halogens is 2.